The summed E-state index contributed by atoms with van der Waals surface area (Å²) in [7, 11) is 1.47. The van der Waals surface area contributed by atoms with Crippen LogP contribution < -0.4 is 10.2 Å². The smallest absolute Gasteiger partial charge is 0.271 e. The number of hydrogen-bond acceptors (Lipinski definition) is 5. The number of amides is 1. The van der Waals surface area contributed by atoms with Crippen LogP contribution in [0.25, 0.3) is 0 Å². The van der Waals surface area contributed by atoms with Crippen LogP contribution in [0.15, 0.2) is 77.9 Å². The molecule has 2 N–H and O–H groups in total. The monoisotopic (exact) mass is 406 g/mol. The van der Waals surface area contributed by atoms with E-state index < -0.39 is 0 Å². The van der Waals surface area contributed by atoms with Crippen molar-refractivity contribution in [2.45, 2.75) is 11.5 Å². The highest BCUT2D eigenvalue weighted by Crippen LogP contribution is 2.25. The standard InChI is InChI=1S/C23H22N2O3S/c1-28-22-13-19(9-12-21(22)26)14-24-25-23(27)20-10-7-18(8-11-20)16-29-15-17-5-3-2-4-6-17/h2-14,26H,15-16H2,1H3,(H,25,27). The number of carbonyl (C=O) groups is 1. The van der Waals surface area contributed by atoms with Crippen molar-refractivity contribution in [2.75, 3.05) is 7.11 Å². The molecule has 0 aliphatic heterocycles. The van der Waals surface area contributed by atoms with Crippen LogP contribution in [0.4, 0.5) is 0 Å². The molecule has 0 saturated heterocycles. The van der Waals surface area contributed by atoms with Gasteiger partial charge in [0.1, 0.15) is 0 Å². The summed E-state index contributed by atoms with van der Waals surface area (Å²) < 4.78 is 5.05. The largest absolute Gasteiger partial charge is 0.504 e. The number of ether oxygens (including phenoxy) is 1. The molecule has 6 heteroatoms. The molecule has 1 amide bonds. The number of nitrogens with zero attached hydrogens (tertiary/aromatic N) is 1. The summed E-state index contributed by atoms with van der Waals surface area (Å²) in [6, 6.07) is 22.7. The Balaban J connectivity index is 1.49. The molecule has 0 atom stereocenters. The van der Waals surface area contributed by atoms with Crippen molar-refractivity contribution in [2.24, 2.45) is 5.10 Å². The lowest BCUT2D eigenvalue weighted by Crippen LogP contribution is -2.17. The number of carbonyl (C=O) groups excluding carboxylic acids is 1. The molecule has 0 saturated carbocycles. The Morgan fingerprint density at radius 3 is 2.41 bits per heavy atom. The van der Waals surface area contributed by atoms with Gasteiger partial charge < -0.3 is 9.84 Å². The van der Waals surface area contributed by atoms with Gasteiger partial charge in [-0.05, 0) is 47.0 Å². The first kappa shape index (κ1) is 20.5. The molecule has 0 heterocycles. The van der Waals surface area contributed by atoms with Gasteiger partial charge in [-0.15, -0.1) is 0 Å². The third-order valence-corrected chi connectivity index (χ3v) is 5.25. The highest BCUT2D eigenvalue weighted by molar-refractivity contribution is 7.97. The van der Waals surface area contributed by atoms with E-state index in [4.69, 9.17) is 4.74 Å². The van der Waals surface area contributed by atoms with Gasteiger partial charge in [0.05, 0.1) is 13.3 Å². The summed E-state index contributed by atoms with van der Waals surface area (Å²) in [5.74, 6) is 1.96. The zero-order chi connectivity index (χ0) is 20.5. The van der Waals surface area contributed by atoms with E-state index in [-0.39, 0.29) is 11.7 Å². The second-order valence-corrected chi connectivity index (χ2v) is 7.29. The minimum Gasteiger partial charge on any atom is -0.504 e. The number of aromatic hydroxyl groups is 1. The first-order valence-electron chi connectivity index (χ1n) is 9.07. The van der Waals surface area contributed by atoms with Gasteiger partial charge in [0.15, 0.2) is 11.5 Å². The predicted molar refractivity (Wildman–Crippen MR) is 118 cm³/mol. The minimum absolute atomic E-state index is 0.0516. The van der Waals surface area contributed by atoms with E-state index in [1.807, 2.05) is 42.1 Å². The average molecular weight is 407 g/mol. The molecule has 29 heavy (non-hydrogen) atoms. The van der Waals surface area contributed by atoms with Crippen LogP contribution in [0.3, 0.4) is 0 Å². The maximum Gasteiger partial charge on any atom is 0.271 e. The van der Waals surface area contributed by atoms with E-state index in [1.54, 1.807) is 24.3 Å². The van der Waals surface area contributed by atoms with Gasteiger partial charge in [-0.25, -0.2) is 5.43 Å². The fraction of sp³-hybridized carbons (Fsp3) is 0.130. The highest BCUT2D eigenvalue weighted by Gasteiger charge is 2.05. The van der Waals surface area contributed by atoms with Crippen molar-refractivity contribution in [3.63, 3.8) is 0 Å². The Hall–Kier alpha value is -3.25. The lowest BCUT2D eigenvalue weighted by molar-refractivity contribution is 0.0955. The van der Waals surface area contributed by atoms with Gasteiger partial charge in [0.25, 0.3) is 5.91 Å². The fourth-order valence-corrected chi connectivity index (χ4v) is 3.58. The SMILES string of the molecule is COc1cc(C=NNC(=O)c2ccc(CSCc3ccccc3)cc2)ccc1O. The zero-order valence-electron chi connectivity index (χ0n) is 16.0. The number of hydrazone groups is 1. The molecular weight excluding hydrogens is 384 g/mol. The van der Waals surface area contributed by atoms with Crippen molar-refractivity contribution in [3.05, 3.63) is 95.1 Å². The lowest BCUT2D eigenvalue weighted by Gasteiger charge is -2.05. The lowest BCUT2D eigenvalue weighted by atomic mass is 10.1. The maximum atomic E-state index is 12.2. The van der Waals surface area contributed by atoms with Crippen molar-refractivity contribution in [1.82, 2.24) is 5.43 Å². The van der Waals surface area contributed by atoms with E-state index in [9.17, 15) is 9.90 Å². The Morgan fingerprint density at radius 1 is 1.03 bits per heavy atom. The number of nitrogens with one attached hydrogen (secondary N) is 1. The van der Waals surface area contributed by atoms with Crippen LogP contribution in [0.1, 0.15) is 27.0 Å². The summed E-state index contributed by atoms with van der Waals surface area (Å²) in [6.07, 6.45) is 1.49. The first-order valence-corrected chi connectivity index (χ1v) is 10.2. The van der Waals surface area contributed by atoms with Crippen LogP contribution >= 0.6 is 11.8 Å². The normalized spacial score (nSPS) is 10.8. The van der Waals surface area contributed by atoms with Crippen LogP contribution in [-0.4, -0.2) is 24.3 Å². The maximum absolute atomic E-state index is 12.2. The summed E-state index contributed by atoms with van der Waals surface area (Å²) in [6.45, 7) is 0. The first-order chi connectivity index (χ1) is 14.2. The Labute approximate surface area is 174 Å². The summed E-state index contributed by atoms with van der Waals surface area (Å²) >= 11 is 1.84. The fourth-order valence-electron chi connectivity index (χ4n) is 2.62. The number of hydrogen-bond donors (Lipinski definition) is 2. The number of benzene rings is 3. The van der Waals surface area contributed by atoms with Crippen LogP contribution in [-0.2, 0) is 11.5 Å². The molecule has 0 unspecified atom stereocenters. The number of thioether (sulfide) groups is 1. The van der Waals surface area contributed by atoms with Crippen molar-refractivity contribution >= 4 is 23.9 Å². The van der Waals surface area contributed by atoms with Gasteiger partial charge in [-0.3, -0.25) is 4.79 Å². The molecule has 0 aliphatic carbocycles. The van der Waals surface area contributed by atoms with Crippen LogP contribution in [0.5, 0.6) is 11.5 Å². The molecule has 0 spiro atoms. The van der Waals surface area contributed by atoms with E-state index in [0.29, 0.717) is 16.9 Å². The van der Waals surface area contributed by atoms with Crippen LogP contribution in [0.2, 0.25) is 0 Å². The summed E-state index contributed by atoms with van der Waals surface area (Å²) in [5.41, 5.74) is 6.22. The van der Waals surface area contributed by atoms with Gasteiger partial charge in [0, 0.05) is 17.1 Å². The molecule has 0 bridgehead atoms. The Bertz CT molecular complexity index is 973. The molecule has 0 fully saturated rings. The second kappa shape index (κ2) is 10.3. The van der Waals surface area contributed by atoms with E-state index in [2.05, 4.69) is 22.7 Å². The van der Waals surface area contributed by atoms with Crippen molar-refractivity contribution in [3.8, 4) is 11.5 Å². The quantitative estimate of drug-likeness (QED) is 0.424. The summed E-state index contributed by atoms with van der Waals surface area (Å²) in [4.78, 5) is 12.2. The molecule has 0 radical (unpaired) electrons. The van der Waals surface area contributed by atoms with Gasteiger partial charge in [-0.1, -0.05) is 42.5 Å². The number of rotatable bonds is 8. The van der Waals surface area contributed by atoms with E-state index in [1.165, 1.54) is 30.5 Å². The minimum atomic E-state index is -0.282. The third-order valence-electron chi connectivity index (χ3n) is 4.18. The number of phenols is 1. The molecule has 3 aromatic rings. The molecule has 0 aliphatic rings. The molecule has 5 nitrogen and oxygen atoms in total. The highest BCUT2D eigenvalue weighted by atomic mass is 32.2. The summed E-state index contributed by atoms with van der Waals surface area (Å²) in [5, 5.41) is 13.6. The van der Waals surface area contributed by atoms with Gasteiger partial charge >= 0.3 is 0 Å². The number of methoxy groups -OCH3 is 1. The Morgan fingerprint density at radius 2 is 1.72 bits per heavy atom. The molecule has 3 rings (SSSR count). The average Bonchev–Trinajstić information content (AvgIpc) is 2.76. The van der Waals surface area contributed by atoms with E-state index in [0.717, 1.165) is 11.5 Å². The topological polar surface area (TPSA) is 70.9 Å². The third kappa shape index (κ3) is 6.12. The molecule has 148 valence electrons. The van der Waals surface area contributed by atoms with E-state index >= 15 is 0 Å². The van der Waals surface area contributed by atoms with Gasteiger partial charge in [0.2, 0.25) is 0 Å². The molecule has 3 aromatic carbocycles. The molecule has 0 aromatic heterocycles. The number of phenolic OH excluding ortho intramolecular Hbond substituents is 1. The van der Waals surface area contributed by atoms with Crippen LogP contribution in [0, 0.1) is 0 Å². The van der Waals surface area contributed by atoms with Crippen molar-refractivity contribution in [1.29, 1.82) is 0 Å². The molecular formula is C23H22N2O3S. The zero-order valence-corrected chi connectivity index (χ0v) is 16.9. The Kier molecular flexibility index (Phi) is 7.30. The predicted octanol–water partition coefficient (Wildman–Crippen LogP) is 4.60. The second-order valence-electron chi connectivity index (χ2n) is 6.31. The van der Waals surface area contributed by atoms with Gasteiger partial charge in [-0.2, -0.15) is 16.9 Å². The van der Waals surface area contributed by atoms with Crippen molar-refractivity contribution < 1.29 is 14.6 Å².